The maximum Gasteiger partial charge on any atom is 0.273 e. The van der Waals surface area contributed by atoms with Gasteiger partial charge < -0.3 is 14.4 Å². The molecule has 0 aliphatic rings. The number of nitro benzene ring substituents is 1. The van der Waals surface area contributed by atoms with Crippen LogP contribution in [0.5, 0.6) is 11.5 Å². The number of hydrogen-bond donors (Lipinski definition) is 0. The van der Waals surface area contributed by atoms with Crippen molar-refractivity contribution in [3.63, 3.8) is 0 Å². The van der Waals surface area contributed by atoms with Gasteiger partial charge in [-0.25, -0.2) is 0 Å². The number of rotatable bonds is 11. The molecule has 182 valence electrons. The second kappa shape index (κ2) is 12.0. The molecule has 0 N–H and O–H groups in total. The van der Waals surface area contributed by atoms with E-state index in [4.69, 9.17) is 9.47 Å². The van der Waals surface area contributed by atoms with Crippen molar-refractivity contribution in [2.24, 2.45) is 0 Å². The minimum Gasteiger partial charge on any atom is -0.490 e. The number of carbonyl (C=O) groups excluding carboxylic acids is 2. The summed E-state index contributed by atoms with van der Waals surface area (Å²) in [4.78, 5) is 37.5. The summed E-state index contributed by atoms with van der Waals surface area (Å²) < 4.78 is 11.4. The molecule has 34 heavy (non-hydrogen) atoms. The van der Waals surface area contributed by atoms with E-state index in [2.05, 4.69) is 0 Å². The smallest absolute Gasteiger partial charge is 0.273 e. The first-order valence-electron chi connectivity index (χ1n) is 11.2. The van der Waals surface area contributed by atoms with E-state index in [0.717, 1.165) is 0 Å². The zero-order valence-electron chi connectivity index (χ0n) is 20.5. The molecule has 0 unspecified atom stereocenters. The molecule has 0 heterocycles. The van der Waals surface area contributed by atoms with Crippen LogP contribution in [0.25, 0.3) is 6.08 Å². The summed E-state index contributed by atoms with van der Waals surface area (Å²) in [5.74, 6) is 0.417. The van der Waals surface area contributed by atoms with Crippen molar-refractivity contribution in [3.05, 3.63) is 69.3 Å². The summed E-state index contributed by atoms with van der Waals surface area (Å²) in [5.41, 5.74) is 1.31. The van der Waals surface area contributed by atoms with E-state index in [-0.39, 0.29) is 41.6 Å². The molecule has 0 saturated heterocycles. The Balaban J connectivity index is 2.18. The molecule has 8 heteroatoms. The second-order valence-electron chi connectivity index (χ2n) is 8.37. The number of aryl methyl sites for hydroxylation is 1. The van der Waals surface area contributed by atoms with Crippen LogP contribution in [0.4, 0.5) is 5.69 Å². The fourth-order valence-electron chi connectivity index (χ4n) is 3.63. The van der Waals surface area contributed by atoms with Gasteiger partial charge in [0.15, 0.2) is 23.9 Å². The van der Waals surface area contributed by atoms with Crippen LogP contribution in [-0.2, 0) is 4.79 Å². The second-order valence-corrected chi connectivity index (χ2v) is 8.37. The standard InChI is InChI=1S/C26H32N2O6/c1-7-33-25-14-20(9-12-23(29)21-11-8-19(6)22(15-21)28(31)32)10-13-24(25)34-16-26(30)27(17(2)3)18(4)5/h8-15,17-18H,7,16H2,1-6H3/b12-9+. The van der Waals surface area contributed by atoms with E-state index in [9.17, 15) is 19.7 Å². The van der Waals surface area contributed by atoms with Gasteiger partial charge in [-0.3, -0.25) is 19.7 Å². The Labute approximate surface area is 200 Å². The van der Waals surface area contributed by atoms with Gasteiger partial charge in [-0.2, -0.15) is 0 Å². The lowest BCUT2D eigenvalue weighted by atomic mass is 10.1. The molecule has 0 saturated carbocycles. The van der Waals surface area contributed by atoms with Crippen molar-refractivity contribution in [1.82, 2.24) is 4.90 Å². The van der Waals surface area contributed by atoms with Crippen molar-refractivity contribution in [2.75, 3.05) is 13.2 Å². The highest BCUT2D eigenvalue weighted by Crippen LogP contribution is 2.29. The Morgan fingerprint density at radius 3 is 2.29 bits per heavy atom. The van der Waals surface area contributed by atoms with Gasteiger partial charge in [0, 0.05) is 29.3 Å². The molecule has 1 amide bonds. The highest BCUT2D eigenvalue weighted by molar-refractivity contribution is 6.07. The molecule has 0 atom stereocenters. The monoisotopic (exact) mass is 468 g/mol. The van der Waals surface area contributed by atoms with Crippen LogP contribution in [0.1, 0.15) is 56.1 Å². The van der Waals surface area contributed by atoms with Gasteiger partial charge >= 0.3 is 0 Å². The van der Waals surface area contributed by atoms with Gasteiger partial charge in [0.2, 0.25) is 0 Å². The highest BCUT2D eigenvalue weighted by atomic mass is 16.6. The Kier molecular flexibility index (Phi) is 9.36. The van der Waals surface area contributed by atoms with Gasteiger partial charge in [0.25, 0.3) is 11.6 Å². The summed E-state index contributed by atoms with van der Waals surface area (Å²) >= 11 is 0. The summed E-state index contributed by atoms with van der Waals surface area (Å²) in [6.45, 7) is 11.6. The van der Waals surface area contributed by atoms with E-state index in [0.29, 0.717) is 29.2 Å². The zero-order chi connectivity index (χ0) is 25.4. The van der Waals surface area contributed by atoms with Gasteiger partial charge in [-0.1, -0.05) is 24.3 Å². The van der Waals surface area contributed by atoms with Crippen molar-refractivity contribution >= 4 is 23.5 Å². The highest BCUT2D eigenvalue weighted by Gasteiger charge is 2.21. The maximum atomic E-state index is 12.6. The van der Waals surface area contributed by atoms with Crippen LogP contribution in [-0.4, -0.2) is 46.8 Å². The minimum absolute atomic E-state index is 0.0578. The molecule has 2 aromatic rings. The Bertz CT molecular complexity index is 1070. The number of ether oxygens (including phenoxy) is 2. The fraction of sp³-hybridized carbons (Fsp3) is 0.385. The van der Waals surface area contributed by atoms with Crippen LogP contribution in [0, 0.1) is 17.0 Å². The molecule has 2 rings (SSSR count). The number of hydrogen-bond acceptors (Lipinski definition) is 6. The van der Waals surface area contributed by atoms with Crippen LogP contribution in [0.3, 0.4) is 0 Å². The third-order valence-electron chi connectivity index (χ3n) is 5.14. The molecule has 0 radical (unpaired) electrons. The summed E-state index contributed by atoms with van der Waals surface area (Å²) in [6, 6.07) is 9.66. The van der Waals surface area contributed by atoms with E-state index in [1.165, 1.54) is 12.1 Å². The molecule has 0 spiro atoms. The summed E-state index contributed by atoms with van der Waals surface area (Å²) in [6.07, 6.45) is 2.96. The molecule has 0 aromatic heterocycles. The first kappa shape index (κ1) is 26.6. The molecule has 0 aliphatic carbocycles. The Hall–Kier alpha value is -3.68. The van der Waals surface area contributed by atoms with Gasteiger partial charge in [-0.15, -0.1) is 0 Å². The average Bonchev–Trinajstić information content (AvgIpc) is 2.76. The topological polar surface area (TPSA) is 99.0 Å². The number of carbonyl (C=O) groups is 2. The van der Waals surface area contributed by atoms with Crippen LogP contribution in [0.2, 0.25) is 0 Å². The molecule has 0 fully saturated rings. The third-order valence-corrected chi connectivity index (χ3v) is 5.14. The maximum absolute atomic E-state index is 12.6. The molecule has 8 nitrogen and oxygen atoms in total. The van der Waals surface area contributed by atoms with Crippen molar-refractivity contribution < 1.29 is 24.0 Å². The summed E-state index contributed by atoms with van der Waals surface area (Å²) in [5, 5.41) is 11.1. The SMILES string of the molecule is CCOc1cc(/C=C/C(=O)c2ccc(C)c([N+](=O)[O-])c2)ccc1OCC(=O)N(C(C)C)C(C)C. The lowest BCUT2D eigenvalue weighted by molar-refractivity contribution is -0.385. The number of amides is 1. The van der Waals surface area contributed by atoms with Gasteiger partial charge in [-0.05, 0) is 65.3 Å². The van der Waals surface area contributed by atoms with Crippen LogP contribution in [0.15, 0.2) is 42.5 Å². The first-order chi connectivity index (χ1) is 16.0. The Morgan fingerprint density at radius 1 is 1.03 bits per heavy atom. The van der Waals surface area contributed by atoms with Crippen molar-refractivity contribution in [1.29, 1.82) is 0 Å². The molecule has 0 aliphatic heterocycles. The molecular formula is C26H32N2O6. The predicted molar refractivity (Wildman–Crippen MR) is 131 cm³/mol. The lowest BCUT2D eigenvalue weighted by Crippen LogP contribution is -2.44. The van der Waals surface area contributed by atoms with Gasteiger partial charge in [0.1, 0.15) is 0 Å². The normalized spacial score (nSPS) is 11.2. The number of nitrogens with zero attached hydrogens (tertiary/aromatic N) is 2. The Morgan fingerprint density at radius 2 is 1.71 bits per heavy atom. The largest absolute Gasteiger partial charge is 0.490 e. The molecule has 2 aromatic carbocycles. The number of nitro groups is 1. The number of benzene rings is 2. The van der Waals surface area contributed by atoms with E-state index >= 15 is 0 Å². The fourth-order valence-corrected chi connectivity index (χ4v) is 3.63. The van der Waals surface area contributed by atoms with E-state index in [1.807, 2.05) is 34.6 Å². The predicted octanol–water partition coefficient (Wildman–Crippen LogP) is 5.22. The van der Waals surface area contributed by atoms with E-state index in [1.54, 1.807) is 48.2 Å². The molecular weight excluding hydrogens is 436 g/mol. The van der Waals surface area contributed by atoms with Crippen LogP contribution < -0.4 is 9.47 Å². The summed E-state index contributed by atoms with van der Waals surface area (Å²) in [7, 11) is 0. The first-order valence-corrected chi connectivity index (χ1v) is 11.2. The third kappa shape index (κ3) is 6.91. The number of allylic oxidation sites excluding steroid dienone is 1. The average molecular weight is 469 g/mol. The van der Waals surface area contributed by atoms with E-state index < -0.39 is 4.92 Å². The van der Waals surface area contributed by atoms with Crippen LogP contribution >= 0.6 is 0 Å². The lowest BCUT2D eigenvalue weighted by Gasteiger charge is -2.30. The number of ketones is 1. The molecule has 0 bridgehead atoms. The quantitative estimate of drug-likeness (QED) is 0.194. The van der Waals surface area contributed by atoms with Gasteiger partial charge in [0.05, 0.1) is 11.5 Å². The van der Waals surface area contributed by atoms with Crippen molar-refractivity contribution in [2.45, 2.75) is 53.6 Å². The zero-order valence-corrected chi connectivity index (χ0v) is 20.5. The minimum atomic E-state index is -0.505. The van der Waals surface area contributed by atoms with Crippen molar-refractivity contribution in [3.8, 4) is 11.5 Å².